The second-order valence-corrected chi connectivity index (χ2v) is 9.04. The molecule has 0 spiro atoms. The Labute approximate surface area is 195 Å². The molecule has 9 nitrogen and oxygen atoms in total. The Morgan fingerprint density at radius 1 is 1.30 bits per heavy atom. The molecule has 0 aliphatic carbocycles. The molecule has 33 heavy (non-hydrogen) atoms. The minimum Gasteiger partial charge on any atom is -0.495 e. The molecule has 0 aliphatic heterocycles. The number of rotatable bonds is 6. The van der Waals surface area contributed by atoms with E-state index in [1.54, 1.807) is 19.1 Å². The van der Waals surface area contributed by atoms with Crippen molar-refractivity contribution >= 4 is 17.6 Å². The summed E-state index contributed by atoms with van der Waals surface area (Å²) in [7, 11) is 1.39. The van der Waals surface area contributed by atoms with E-state index in [1.165, 1.54) is 25.4 Å². The lowest BCUT2D eigenvalue weighted by atomic mass is 9.75. The number of hydrogen-bond donors (Lipinski definition) is 1. The minimum atomic E-state index is -1.35. The maximum Gasteiger partial charge on any atom is 0.327 e. The fraction of sp³-hybridized carbons (Fsp3) is 0.348. The van der Waals surface area contributed by atoms with Crippen molar-refractivity contribution < 1.29 is 19.2 Å². The average Bonchev–Trinajstić information content (AvgIpc) is 3.16. The van der Waals surface area contributed by atoms with Crippen LogP contribution in [0.5, 0.6) is 5.75 Å². The number of aryl methyl sites for hydroxylation is 1. The van der Waals surface area contributed by atoms with Gasteiger partial charge in [-0.25, -0.2) is 4.79 Å². The number of pyridine rings is 1. The van der Waals surface area contributed by atoms with Gasteiger partial charge in [0.15, 0.2) is 5.82 Å². The van der Waals surface area contributed by atoms with Gasteiger partial charge in [-0.15, -0.1) is 0 Å². The number of carboxylic acid groups (broad SMARTS) is 1. The van der Waals surface area contributed by atoms with Crippen molar-refractivity contribution in [3.05, 3.63) is 63.1 Å². The van der Waals surface area contributed by atoms with Crippen molar-refractivity contribution in [2.45, 2.75) is 39.7 Å². The van der Waals surface area contributed by atoms with Crippen LogP contribution >= 0.6 is 11.6 Å². The molecule has 0 bridgehead atoms. The zero-order chi connectivity index (χ0) is 24.5. The van der Waals surface area contributed by atoms with Crippen LogP contribution in [0, 0.1) is 23.7 Å². The van der Waals surface area contributed by atoms with E-state index in [2.05, 4.69) is 16.2 Å². The number of aliphatic carboxylic acids is 1. The van der Waals surface area contributed by atoms with Crippen LogP contribution in [0.3, 0.4) is 0 Å². The van der Waals surface area contributed by atoms with Crippen molar-refractivity contribution in [3.8, 4) is 22.9 Å². The van der Waals surface area contributed by atoms with Crippen LogP contribution in [0.1, 0.15) is 50.0 Å². The van der Waals surface area contributed by atoms with Crippen LogP contribution in [0.2, 0.25) is 5.02 Å². The third-order valence-electron chi connectivity index (χ3n) is 5.28. The fourth-order valence-corrected chi connectivity index (χ4v) is 3.99. The standard InChI is InChI=1S/C23H23ClN4O5/c1-12-26-21(27-33-12)19(23(2,3)4)20(22(30)31)28-11-17(32-5)16(9-18(28)29)15-8-14(24)7-6-13(15)10-25/h6-9,11,19-20H,1-5H3,(H,30,31). The van der Waals surface area contributed by atoms with Crippen molar-refractivity contribution in [1.82, 2.24) is 14.7 Å². The van der Waals surface area contributed by atoms with Gasteiger partial charge in [0.2, 0.25) is 5.89 Å². The smallest absolute Gasteiger partial charge is 0.327 e. The normalized spacial score (nSPS) is 13.2. The number of aromatic nitrogens is 3. The zero-order valence-corrected chi connectivity index (χ0v) is 19.5. The number of ether oxygens (including phenoxy) is 1. The number of benzene rings is 1. The molecule has 2 atom stereocenters. The third-order valence-corrected chi connectivity index (χ3v) is 5.51. The summed E-state index contributed by atoms with van der Waals surface area (Å²) >= 11 is 6.11. The van der Waals surface area contributed by atoms with E-state index in [-0.39, 0.29) is 17.5 Å². The first-order valence-electron chi connectivity index (χ1n) is 10.0. The van der Waals surface area contributed by atoms with Crippen molar-refractivity contribution in [2.75, 3.05) is 7.11 Å². The molecule has 1 aromatic carbocycles. The number of hydrogen-bond acceptors (Lipinski definition) is 7. The molecular formula is C23H23ClN4O5. The van der Waals surface area contributed by atoms with Crippen LogP contribution in [-0.4, -0.2) is 32.9 Å². The van der Waals surface area contributed by atoms with Crippen LogP contribution in [-0.2, 0) is 4.79 Å². The van der Waals surface area contributed by atoms with Gasteiger partial charge in [0.25, 0.3) is 5.56 Å². The van der Waals surface area contributed by atoms with E-state index >= 15 is 0 Å². The van der Waals surface area contributed by atoms with Gasteiger partial charge in [-0.3, -0.25) is 9.36 Å². The topological polar surface area (TPSA) is 131 Å². The van der Waals surface area contributed by atoms with Gasteiger partial charge >= 0.3 is 5.97 Å². The van der Waals surface area contributed by atoms with Crippen LogP contribution in [0.25, 0.3) is 11.1 Å². The second-order valence-electron chi connectivity index (χ2n) is 8.60. The second kappa shape index (κ2) is 9.08. The Morgan fingerprint density at radius 3 is 2.52 bits per heavy atom. The lowest BCUT2D eigenvalue weighted by Crippen LogP contribution is -2.39. The van der Waals surface area contributed by atoms with Gasteiger partial charge in [0, 0.05) is 29.1 Å². The van der Waals surface area contributed by atoms with Gasteiger partial charge < -0.3 is 14.4 Å². The number of halogens is 1. The first-order valence-corrected chi connectivity index (χ1v) is 10.4. The molecular weight excluding hydrogens is 448 g/mol. The van der Waals surface area contributed by atoms with Gasteiger partial charge in [-0.05, 0) is 23.6 Å². The summed E-state index contributed by atoms with van der Waals surface area (Å²) in [5.74, 6) is -1.37. The first kappa shape index (κ1) is 24.0. The first-order chi connectivity index (χ1) is 15.5. The van der Waals surface area contributed by atoms with Gasteiger partial charge in [0.1, 0.15) is 11.8 Å². The molecule has 10 heteroatoms. The molecule has 0 fully saturated rings. The molecule has 0 radical (unpaired) electrons. The molecule has 0 saturated carbocycles. The Bertz CT molecular complexity index is 1300. The molecule has 0 amide bonds. The molecule has 2 aromatic heterocycles. The average molecular weight is 471 g/mol. The van der Waals surface area contributed by atoms with E-state index in [0.29, 0.717) is 21.7 Å². The van der Waals surface area contributed by atoms with E-state index in [4.69, 9.17) is 20.9 Å². The largest absolute Gasteiger partial charge is 0.495 e. The summed E-state index contributed by atoms with van der Waals surface area (Å²) in [4.78, 5) is 30.0. The number of nitriles is 1. The highest BCUT2D eigenvalue weighted by Gasteiger charge is 2.43. The van der Waals surface area contributed by atoms with E-state index in [9.17, 15) is 20.0 Å². The molecule has 0 aliphatic rings. The minimum absolute atomic E-state index is 0.184. The Hall–Kier alpha value is -3.64. The number of methoxy groups -OCH3 is 1. The van der Waals surface area contributed by atoms with E-state index < -0.39 is 28.9 Å². The summed E-state index contributed by atoms with van der Waals surface area (Å²) in [5, 5.41) is 24.0. The Kier molecular flexibility index (Phi) is 6.60. The fourth-order valence-electron chi connectivity index (χ4n) is 3.82. The third kappa shape index (κ3) is 4.76. The molecule has 172 valence electrons. The van der Waals surface area contributed by atoms with Crippen LogP contribution in [0.15, 0.2) is 39.8 Å². The van der Waals surface area contributed by atoms with E-state index in [0.717, 1.165) is 4.57 Å². The summed E-state index contributed by atoms with van der Waals surface area (Å²) in [6.45, 7) is 7.11. The summed E-state index contributed by atoms with van der Waals surface area (Å²) in [5.41, 5.74) is -0.231. The highest BCUT2D eigenvalue weighted by atomic mass is 35.5. The molecule has 3 rings (SSSR count). The molecule has 2 unspecified atom stereocenters. The van der Waals surface area contributed by atoms with Gasteiger partial charge in [-0.1, -0.05) is 37.5 Å². The summed E-state index contributed by atoms with van der Waals surface area (Å²) < 4.78 is 11.7. The van der Waals surface area contributed by atoms with E-state index in [1.807, 2.05) is 20.8 Å². The summed E-state index contributed by atoms with van der Waals surface area (Å²) in [6.07, 6.45) is 1.32. The highest BCUT2D eigenvalue weighted by Crippen LogP contribution is 2.43. The molecule has 1 N–H and O–H groups in total. The predicted octanol–water partition coefficient (Wildman–Crippen LogP) is 4.20. The lowest BCUT2D eigenvalue weighted by molar-refractivity contribution is -0.143. The maximum atomic E-state index is 13.2. The zero-order valence-electron chi connectivity index (χ0n) is 18.8. The maximum absolute atomic E-state index is 13.2. The number of carbonyl (C=O) groups is 1. The quantitative estimate of drug-likeness (QED) is 0.567. The molecule has 0 saturated heterocycles. The van der Waals surface area contributed by atoms with Crippen molar-refractivity contribution in [2.24, 2.45) is 5.41 Å². The summed E-state index contributed by atoms with van der Waals surface area (Å²) in [6, 6.07) is 6.61. The number of carboxylic acids is 1. The number of nitrogens with zero attached hydrogens (tertiary/aromatic N) is 4. The van der Waals surface area contributed by atoms with Gasteiger partial charge in [0.05, 0.1) is 30.9 Å². The van der Waals surface area contributed by atoms with Crippen molar-refractivity contribution in [1.29, 1.82) is 5.26 Å². The van der Waals surface area contributed by atoms with Crippen LogP contribution < -0.4 is 10.3 Å². The monoisotopic (exact) mass is 470 g/mol. The SMILES string of the molecule is COc1cn(C(C(=O)O)C(c2noc(C)n2)C(C)(C)C)c(=O)cc1-c1cc(Cl)ccc1C#N. The highest BCUT2D eigenvalue weighted by molar-refractivity contribution is 6.31. The van der Waals surface area contributed by atoms with Gasteiger partial charge in [-0.2, -0.15) is 10.2 Å². The molecule has 2 heterocycles. The Balaban J connectivity index is 2.27. The predicted molar refractivity (Wildman–Crippen MR) is 120 cm³/mol. The lowest BCUT2D eigenvalue weighted by Gasteiger charge is -2.33. The van der Waals surface area contributed by atoms with Crippen LogP contribution in [0.4, 0.5) is 0 Å². The molecule has 3 aromatic rings. The Morgan fingerprint density at radius 2 is 2.00 bits per heavy atom. The van der Waals surface area contributed by atoms with Crippen molar-refractivity contribution in [3.63, 3.8) is 0 Å².